The van der Waals surface area contributed by atoms with Crippen LogP contribution in [0.1, 0.15) is 71.4 Å². The van der Waals surface area contributed by atoms with Gasteiger partial charge in [-0.15, -0.1) is 0 Å². The fourth-order valence-corrected chi connectivity index (χ4v) is 21.1. The summed E-state index contributed by atoms with van der Waals surface area (Å²) >= 11 is 0. The minimum absolute atomic E-state index is 0.0106. The van der Waals surface area contributed by atoms with E-state index in [1.165, 1.54) is 23.8 Å². The van der Waals surface area contributed by atoms with Gasteiger partial charge in [-0.25, -0.2) is 4.79 Å². The van der Waals surface area contributed by atoms with Crippen molar-refractivity contribution in [1.82, 2.24) is 9.55 Å². The van der Waals surface area contributed by atoms with Crippen LogP contribution in [0.15, 0.2) is 222 Å². The molecular formula is C65H70N2O10Si2. The molecule has 8 aromatic rings. The molecule has 0 saturated carbocycles. The molecule has 0 amide bonds. The first-order chi connectivity index (χ1) is 37.9. The van der Waals surface area contributed by atoms with Crippen LogP contribution >= 0.6 is 0 Å². The molecule has 1 N–H and O–H groups in total. The van der Waals surface area contributed by atoms with Crippen LogP contribution in [0.25, 0.3) is 0 Å². The zero-order valence-corrected chi connectivity index (χ0v) is 48.4. The van der Waals surface area contributed by atoms with Crippen molar-refractivity contribution in [3.8, 4) is 11.5 Å². The van der Waals surface area contributed by atoms with E-state index in [4.69, 9.17) is 32.5 Å². The van der Waals surface area contributed by atoms with Crippen LogP contribution in [0.4, 0.5) is 0 Å². The van der Waals surface area contributed by atoms with Gasteiger partial charge in [0.1, 0.15) is 17.6 Å². The maximum absolute atomic E-state index is 14.7. The predicted octanol–water partition coefficient (Wildman–Crippen LogP) is 9.44. The van der Waals surface area contributed by atoms with Gasteiger partial charge in [0.05, 0.1) is 27.4 Å². The minimum Gasteiger partial charge on any atom is -0.497 e. The largest absolute Gasteiger partial charge is 0.497 e. The van der Waals surface area contributed by atoms with Gasteiger partial charge in [-0.05, 0) is 71.8 Å². The van der Waals surface area contributed by atoms with E-state index >= 15 is 0 Å². The maximum Gasteiger partial charge on any atom is 0.330 e. The Balaban J connectivity index is 1.51. The van der Waals surface area contributed by atoms with Crippen molar-refractivity contribution in [1.29, 1.82) is 0 Å². The van der Waals surface area contributed by atoms with Crippen molar-refractivity contribution in [3.63, 3.8) is 0 Å². The Morgan fingerprint density at radius 3 is 1.39 bits per heavy atom. The van der Waals surface area contributed by atoms with Crippen molar-refractivity contribution >= 4 is 43.4 Å². The van der Waals surface area contributed by atoms with E-state index in [9.17, 15) is 14.4 Å². The van der Waals surface area contributed by atoms with Crippen molar-refractivity contribution in [2.75, 3.05) is 20.8 Å². The number of ether oxygens (including phenoxy) is 5. The lowest BCUT2D eigenvalue weighted by Gasteiger charge is -2.55. The first-order valence-electron chi connectivity index (χ1n) is 26.6. The van der Waals surface area contributed by atoms with Gasteiger partial charge in [0.2, 0.25) is 0 Å². The van der Waals surface area contributed by atoms with Crippen LogP contribution in [0, 0.1) is 0 Å². The molecule has 79 heavy (non-hydrogen) atoms. The molecular weight excluding hydrogens is 1020 g/mol. The third kappa shape index (κ3) is 10.5. The zero-order valence-electron chi connectivity index (χ0n) is 46.4. The summed E-state index contributed by atoms with van der Waals surface area (Å²) in [6, 6.07) is 67.4. The molecule has 14 heteroatoms. The maximum atomic E-state index is 14.7. The number of aromatic amines is 1. The monoisotopic (exact) mass is 1090 g/mol. The summed E-state index contributed by atoms with van der Waals surface area (Å²) in [7, 11) is -4.25. The van der Waals surface area contributed by atoms with E-state index in [0.29, 0.717) is 22.6 Å². The quantitative estimate of drug-likeness (QED) is 0.0616. The van der Waals surface area contributed by atoms with Gasteiger partial charge in [-0.1, -0.05) is 217 Å². The molecule has 0 bridgehead atoms. The van der Waals surface area contributed by atoms with Crippen molar-refractivity contribution in [2.24, 2.45) is 0 Å². The molecule has 1 aromatic heterocycles. The summed E-state index contributed by atoms with van der Waals surface area (Å²) < 4.78 is 52.8. The lowest BCUT2D eigenvalue weighted by atomic mass is 9.69. The van der Waals surface area contributed by atoms with Crippen LogP contribution in [-0.4, -0.2) is 70.8 Å². The van der Waals surface area contributed by atoms with Gasteiger partial charge < -0.3 is 32.5 Å². The van der Waals surface area contributed by atoms with Gasteiger partial charge in [-0.3, -0.25) is 19.1 Å². The summed E-state index contributed by atoms with van der Waals surface area (Å²) in [6.45, 7) is 14.2. The Morgan fingerprint density at radius 2 is 1.00 bits per heavy atom. The highest BCUT2D eigenvalue weighted by atomic mass is 28.4. The van der Waals surface area contributed by atoms with Crippen LogP contribution in [-0.2, 0) is 40.1 Å². The highest BCUT2D eigenvalue weighted by molar-refractivity contribution is 7.00. The first-order valence-corrected chi connectivity index (χ1v) is 30.4. The second-order valence-corrected chi connectivity index (χ2v) is 30.6. The first kappa shape index (κ1) is 56.3. The molecule has 0 aliphatic carbocycles. The third-order valence-corrected chi connectivity index (χ3v) is 25.3. The Kier molecular flexibility index (Phi) is 16.5. The molecule has 9 rings (SSSR count). The summed E-state index contributed by atoms with van der Waals surface area (Å²) in [5.74, 6) is 0.493. The van der Waals surface area contributed by atoms with Gasteiger partial charge in [0, 0.05) is 19.2 Å². The average molecular weight is 1100 g/mol. The van der Waals surface area contributed by atoms with Crippen LogP contribution < -0.4 is 41.5 Å². The number of hydrogen-bond donors (Lipinski definition) is 1. The summed E-state index contributed by atoms with van der Waals surface area (Å²) in [6.07, 6.45) is -2.96. The number of nitrogens with one attached hydrogen (secondary N) is 1. The molecule has 0 radical (unpaired) electrons. The minimum atomic E-state index is -3.84. The normalized spacial score (nSPS) is 18.0. The van der Waals surface area contributed by atoms with Crippen molar-refractivity contribution < 1.29 is 37.3 Å². The van der Waals surface area contributed by atoms with Crippen LogP contribution in [0.2, 0.25) is 10.1 Å². The lowest BCUT2D eigenvalue weighted by Crippen LogP contribution is -2.74. The van der Waals surface area contributed by atoms with E-state index in [-0.39, 0.29) is 13.2 Å². The van der Waals surface area contributed by atoms with E-state index in [1.54, 1.807) is 14.2 Å². The molecule has 4 atom stereocenters. The Hall–Kier alpha value is -7.44. The fourth-order valence-electron chi connectivity index (χ4n) is 11.8. The van der Waals surface area contributed by atoms with E-state index in [0.717, 1.165) is 26.3 Å². The number of esters is 1. The van der Waals surface area contributed by atoms with Crippen LogP contribution in [0.5, 0.6) is 11.5 Å². The standard InChI is InChI=1S/C65H70N2O10Si2/c1-47(68)75-58-59(77-79(63(5,6)7,55-31-21-13-22-32-55)56-33-23-14-24-34-56)64(76-60(58)67-44-43-57(69)66-61(67)70,46-74-78(62(2,3)4,53-27-17-11-18-28-53)54-29-19-12-20-30-54)65(49-35-39-51(71-8)40-36-49,50-37-41-52(72-9)42-38-50)73-45-48-25-15-10-16-26-48/h10-44,58-60H,45-46H2,1-9H3,(H,66,69,70). The number of carbonyl (C=O) groups is 1. The number of hydrogen-bond acceptors (Lipinski definition) is 10. The van der Waals surface area contributed by atoms with E-state index in [2.05, 4.69) is 95.1 Å². The molecule has 12 nitrogen and oxygen atoms in total. The van der Waals surface area contributed by atoms with Crippen LogP contribution in [0.3, 0.4) is 0 Å². The second kappa shape index (κ2) is 23.1. The van der Waals surface area contributed by atoms with Crippen molar-refractivity contribution in [2.45, 2.75) is 94.8 Å². The molecule has 1 fully saturated rings. The lowest BCUT2D eigenvalue weighted by molar-refractivity contribution is -0.237. The average Bonchev–Trinajstić information content (AvgIpc) is 2.91. The Morgan fingerprint density at radius 1 is 0.582 bits per heavy atom. The molecule has 4 unspecified atom stereocenters. The number of aromatic nitrogens is 2. The van der Waals surface area contributed by atoms with Gasteiger partial charge in [0.25, 0.3) is 22.2 Å². The van der Waals surface area contributed by atoms with Gasteiger partial charge in [0.15, 0.2) is 23.5 Å². The fraction of sp³-hybridized carbons (Fsp3) is 0.277. The molecule has 0 spiro atoms. The smallest absolute Gasteiger partial charge is 0.330 e. The summed E-state index contributed by atoms with van der Waals surface area (Å²) in [5.41, 5.74) is -3.29. The molecule has 7 aromatic carbocycles. The van der Waals surface area contributed by atoms with Gasteiger partial charge >= 0.3 is 11.7 Å². The summed E-state index contributed by atoms with van der Waals surface area (Å²) in [5, 5.41) is 2.56. The SMILES string of the molecule is COc1ccc(C(OCc2ccccc2)(c2ccc(OC)cc2)C2(CO[Si](c3ccccc3)(c3ccccc3)C(C)(C)C)OC(n3ccc(=O)[nH]c3=O)C(OC(C)=O)C2O[Si](c2ccccc2)(c2ccccc2)C(C)(C)C)cc1. The molecule has 1 aliphatic rings. The highest BCUT2D eigenvalue weighted by Gasteiger charge is 2.73. The van der Waals surface area contributed by atoms with E-state index < -0.39 is 73.6 Å². The van der Waals surface area contributed by atoms with E-state index in [1.807, 2.05) is 152 Å². The third-order valence-electron chi connectivity index (χ3n) is 15.3. The molecule has 1 saturated heterocycles. The molecule has 408 valence electrons. The summed E-state index contributed by atoms with van der Waals surface area (Å²) in [4.78, 5) is 44.5. The number of H-pyrrole nitrogens is 1. The molecule has 2 heterocycles. The highest BCUT2D eigenvalue weighted by Crippen LogP contribution is 2.58. The van der Waals surface area contributed by atoms with Gasteiger partial charge in [-0.2, -0.15) is 0 Å². The Bertz CT molecular complexity index is 3280. The number of methoxy groups -OCH3 is 2. The number of benzene rings is 7. The van der Waals surface area contributed by atoms with Crippen molar-refractivity contribution in [3.05, 3.63) is 250 Å². The number of rotatable bonds is 19. The Labute approximate surface area is 465 Å². The number of carbonyl (C=O) groups excluding carboxylic acids is 1. The second-order valence-electron chi connectivity index (χ2n) is 22.1. The molecule has 1 aliphatic heterocycles. The topological polar surface area (TPSA) is 137 Å². The number of nitrogens with zero attached hydrogens (tertiary/aromatic N) is 1. The predicted molar refractivity (Wildman–Crippen MR) is 314 cm³/mol. The zero-order chi connectivity index (χ0) is 56.1.